The van der Waals surface area contributed by atoms with Crippen molar-refractivity contribution < 1.29 is 9.13 Å². The van der Waals surface area contributed by atoms with Crippen molar-refractivity contribution in [2.24, 2.45) is 10.9 Å². The Morgan fingerprint density at radius 1 is 1.15 bits per heavy atom. The number of hydrogen-bond acceptors (Lipinski definition) is 3. The summed E-state index contributed by atoms with van der Waals surface area (Å²) in [5, 5.41) is 7.05. The lowest BCUT2D eigenvalue weighted by Gasteiger charge is -2.33. The van der Waals surface area contributed by atoms with Crippen molar-refractivity contribution in [3.05, 3.63) is 65.5 Å². The molecule has 0 radical (unpaired) electrons. The second-order valence-corrected chi connectivity index (χ2v) is 8.90. The molecular weight excluding hydrogens is 530 g/mol. The Kier molecular flexibility index (Phi) is 9.79. The number of benzene rings is 2. The van der Waals surface area contributed by atoms with Gasteiger partial charge < -0.3 is 15.4 Å². The Labute approximate surface area is 214 Å². The summed E-state index contributed by atoms with van der Waals surface area (Å²) in [5.41, 5.74) is 2.43. The molecule has 2 aliphatic rings. The molecule has 7 heteroatoms. The summed E-state index contributed by atoms with van der Waals surface area (Å²) in [4.78, 5) is 7.27. The maximum Gasteiger partial charge on any atom is 0.191 e. The summed E-state index contributed by atoms with van der Waals surface area (Å²) in [6.07, 6.45) is 3.34. The molecule has 0 bridgehead atoms. The van der Waals surface area contributed by atoms with Crippen LogP contribution in [0.1, 0.15) is 43.2 Å². The van der Waals surface area contributed by atoms with Crippen molar-refractivity contribution in [2.45, 2.75) is 44.7 Å². The Bertz CT molecular complexity index is 902. The van der Waals surface area contributed by atoms with Gasteiger partial charge in [-0.15, -0.1) is 24.0 Å². The molecule has 2 fully saturated rings. The van der Waals surface area contributed by atoms with Gasteiger partial charge in [-0.05, 0) is 61.3 Å². The molecule has 0 spiro atoms. The van der Waals surface area contributed by atoms with Gasteiger partial charge in [0.1, 0.15) is 0 Å². The lowest BCUT2D eigenvalue weighted by atomic mass is 10.0. The fourth-order valence-corrected chi connectivity index (χ4v) is 4.58. The second kappa shape index (κ2) is 12.6. The predicted molar refractivity (Wildman–Crippen MR) is 143 cm³/mol. The van der Waals surface area contributed by atoms with Gasteiger partial charge in [0, 0.05) is 38.8 Å². The molecule has 1 heterocycles. The first kappa shape index (κ1) is 25.7. The molecule has 33 heavy (non-hydrogen) atoms. The monoisotopic (exact) mass is 566 g/mol. The molecule has 5 nitrogen and oxygen atoms in total. The predicted octanol–water partition coefficient (Wildman–Crippen LogP) is 4.78. The van der Waals surface area contributed by atoms with Crippen molar-refractivity contribution in [3.8, 4) is 5.75 Å². The maximum absolute atomic E-state index is 14.0. The maximum atomic E-state index is 14.0. The second-order valence-electron chi connectivity index (χ2n) is 8.90. The average Bonchev–Trinajstić information content (AvgIpc) is 3.59. The van der Waals surface area contributed by atoms with E-state index in [1.54, 1.807) is 12.1 Å². The molecule has 2 aromatic rings. The highest BCUT2D eigenvalue weighted by Gasteiger charge is 2.37. The molecular formula is C26H36FIN4O. The first-order valence-electron chi connectivity index (χ1n) is 11.8. The fraction of sp³-hybridized carbons (Fsp3) is 0.500. The lowest BCUT2D eigenvalue weighted by Crippen LogP contribution is -2.48. The first-order chi connectivity index (χ1) is 15.7. The SMILES string of the molecule is CCNC(=NCC1CC1c1ccccc1)NC1CCN(Cc2ccc(OC)c(F)c2)CC1.I. The highest BCUT2D eigenvalue weighted by molar-refractivity contribution is 14.0. The molecule has 2 N–H and O–H groups in total. The Balaban J connectivity index is 0.00000306. The normalized spacial score (nSPS) is 21.2. The lowest BCUT2D eigenvalue weighted by molar-refractivity contribution is 0.198. The third-order valence-corrected chi connectivity index (χ3v) is 6.53. The number of rotatable bonds is 8. The Morgan fingerprint density at radius 2 is 1.91 bits per heavy atom. The summed E-state index contributed by atoms with van der Waals surface area (Å²) in [5.74, 6) is 2.25. The van der Waals surface area contributed by atoms with Crippen molar-refractivity contribution in [1.29, 1.82) is 0 Å². The molecule has 1 saturated heterocycles. The fourth-order valence-electron chi connectivity index (χ4n) is 4.58. The molecule has 1 aliphatic carbocycles. The number of methoxy groups -OCH3 is 1. The van der Waals surface area contributed by atoms with Crippen LogP contribution in [0.5, 0.6) is 5.75 Å². The van der Waals surface area contributed by atoms with E-state index in [1.165, 1.54) is 19.1 Å². The minimum Gasteiger partial charge on any atom is -0.494 e. The van der Waals surface area contributed by atoms with E-state index in [2.05, 4.69) is 52.8 Å². The summed E-state index contributed by atoms with van der Waals surface area (Å²) in [7, 11) is 1.49. The number of likely N-dealkylation sites (tertiary alicyclic amines) is 1. The van der Waals surface area contributed by atoms with Crippen LogP contribution in [-0.4, -0.2) is 50.2 Å². The molecule has 0 aromatic heterocycles. The zero-order valence-electron chi connectivity index (χ0n) is 19.6. The first-order valence-corrected chi connectivity index (χ1v) is 11.8. The number of ether oxygens (including phenoxy) is 1. The molecule has 2 aromatic carbocycles. The van der Waals surface area contributed by atoms with E-state index in [9.17, 15) is 4.39 Å². The van der Waals surface area contributed by atoms with Crippen LogP contribution in [0.15, 0.2) is 53.5 Å². The number of nitrogens with zero attached hydrogens (tertiary/aromatic N) is 2. The van der Waals surface area contributed by atoms with Gasteiger partial charge in [0.25, 0.3) is 0 Å². The van der Waals surface area contributed by atoms with Gasteiger partial charge in [0.2, 0.25) is 0 Å². The zero-order valence-corrected chi connectivity index (χ0v) is 21.9. The van der Waals surface area contributed by atoms with Gasteiger partial charge >= 0.3 is 0 Å². The summed E-state index contributed by atoms with van der Waals surface area (Å²) in [6, 6.07) is 16.4. The Morgan fingerprint density at radius 3 is 2.58 bits per heavy atom. The van der Waals surface area contributed by atoms with E-state index in [1.807, 2.05) is 6.07 Å². The van der Waals surface area contributed by atoms with Gasteiger partial charge in [-0.25, -0.2) is 4.39 Å². The van der Waals surface area contributed by atoms with Crippen LogP contribution in [0.4, 0.5) is 4.39 Å². The van der Waals surface area contributed by atoms with E-state index in [-0.39, 0.29) is 29.8 Å². The molecule has 1 saturated carbocycles. The number of nitrogens with one attached hydrogen (secondary N) is 2. The van der Waals surface area contributed by atoms with Crippen molar-refractivity contribution >= 4 is 29.9 Å². The number of piperidine rings is 1. The smallest absolute Gasteiger partial charge is 0.191 e. The summed E-state index contributed by atoms with van der Waals surface area (Å²) >= 11 is 0. The zero-order chi connectivity index (χ0) is 22.3. The summed E-state index contributed by atoms with van der Waals surface area (Å²) in [6.45, 7) is 6.59. The number of hydrogen-bond donors (Lipinski definition) is 2. The van der Waals surface area contributed by atoms with E-state index in [0.717, 1.165) is 57.1 Å². The molecule has 1 aliphatic heterocycles. The van der Waals surface area contributed by atoms with Gasteiger partial charge in [-0.1, -0.05) is 36.4 Å². The van der Waals surface area contributed by atoms with Crippen molar-refractivity contribution in [3.63, 3.8) is 0 Å². The van der Waals surface area contributed by atoms with Gasteiger partial charge in [-0.3, -0.25) is 9.89 Å². The van der Waals surface area contributed by atoms with Crippen molar-refractivity contribution in [2.75, 3.05) is 33.3 Å². The van der Waals surface area contributed by atoms with E-state index >= 15 is 0 Å². The Hall–Kier alpha value is -1.87. The van der Waals surface area contributed by atoms with Gasteiger partial charge in [0.15, 0.2) is 17.5 Å². The number of aliphatic imine (C=N–C) groups is 1. The van der Waals surface area contributed by atoms with E-state index in [4.69, 9.17) is 9.73 Å². The van der Waals surface area contributed by atoms with Crippen LogP contribution in [0, 0.1) is 11.7 Å². The molecule has 2 unspecified atom stereocenters. The van der Waals surface area contributed by atoms with Crippen LogP contribution in [-0.2, 0) is 6.54 Å². The molecule has 180 valence electrons. The van der Waals surface area contributed by atoms with Crippen LogP contribution >= 0.6 is 24.0 Å². The third kappa shape index (κ3) is 7.30. The van der Waals surface area contributed by atoms with Crippen LogP contribution in [0.3, 0.4) is 0 Å². The van der Waals surface area contributed by atoms with Crippen LogP contribution in [0.25, 0.3) is 0 Å². The quantitative estimate of drug-likeness (QED) is 0.275. The molecule has 0 amide bonds. The van der Waals surface area contributed by atoms with E-state index in [0.29, 0.717) is 23.6 Å². The number of halogens is 2. The van der Waals surface area contributed by atoms with Gasteiger partial charge in [0.05, 0.1) is 7.11 Å². The van der Waals surface area contributed by atoms with Gasteiger partial charge in [-0.2, -0.15) is 0 Å². The van der Waals surface area contributed by atoms with E-state index < -0.39 is 0 Å². The minimum atomic E-state index is -0.293. The molecule has 2 atom stereocenters. The number of guanidine groups is 1. The third-order valence-electron chi connectivity index (χ3n) is 6.53. The minimum absolute atomic E-state index is 0. The van der Waals surface area contributed by atoms with Crippen LogP contribution < -0.4 is 15.4 Å². The highest BCUT2D eigenvalue weighted by Crippen LogP contribution is 2.47. The highest BCUT2D eigenvalue weighted by atomic mass is 127. The largest absolute Gasteiger partial charge is 0.494 e. The molecule has 4 rings (SSSR count). The average molecular weight is 567 g/mol. The van der Waals surface area contributed by atoms with Crippen LogP contribution in [0.2, 0.25) is 0 Å². The summed E-state index contributed by atoms with van der Waals surface area (Å²) < 4.78 is 19.0. The standard InChI is InChI=1S/C26H35FN4O.HI/c1-3-28-26(29-17-21-16-23(21)20-7-5-4-6-8-20)30-22-11-13-31(14-12-22)18-19-9-10-25(32-2)24(27)15-19;/h4-10,15,21-23H,3,11-14,16-18H2,1-2H3,(H2,28,29,30);1H. The topological polar surface area (TPSA) is 48.9 Å². The van der Waals surface area contributed by atoms with Crippen molar-refractivity contribution in [1.82, 2.24) is 15.5 Å².